The molecule has 5 nitrogen and oxygen atoms in total. The highest BCUT2D eigenvalue weighted by Crippen LogP contribution is 2.37. The van der Waals surface area contributed by atoms with Gasteiger partial charge in [-0.25, -0.2) is 0 Å². The molecule has 0 aromatic rings. The summed E-state index contributed by atoms with van der Waals surface area (Å²) in [6.07, 6.45) is 10.7. The van der Waals surface area contributed by atoms with E-state index in [-0.39, 0.29) is 17.9 Å². The van der Waals surface area contributed by atoms with Crippen molar-refractivity contribution in [3.8, 4) is 0 Å². The van der Waals surface area contributed by atoms with Gasteiger partial charge in [-0.1, -0.05) is 45.4 Å². The Balaban J connectivity index is 1.82. The number of piperazine rings is 1. The Labute approximate surface area is 152 Å². The first-order valence-electron chi connectivity index (χ1n) is 10.4. The predicted molar refractivity (Wildman–Crippen MR) is 99.2 cm³/mol. The number of amides is 2. The molecule has 1 saturated carbocycles. The molecule has 1 N–H and O–H groups in total. The minimum Gasteiger partial charge on any atom is -0.332 e. The Morgan fingerprint density at radius 1 is 1.12 bits per heavy atom. The third kappa shape index (κ3) is 3.57. The molecule has 0 radical (unpaired) electrons. The van der Waals surface area contributed by atoms with Gasteiger partial charge in [0.05, 0.1) is 0 Å². The Bertz CT molecular complexity index is 481. The Morgan fingerprint density at radius 2 is 1.80 bits per heavy atom. The van der Waals surface area contributed by atoms with E-state index in [1.807, 2.05) is 16.8 Å². The first-order chi connectivity index (χ1) is 12.1. The summed E-state index contributed by atoms with van der Waals surface area (Å²) < 4.78 is 0. The molecule has 3 rings (SSSR count). The molecule has 2 saturated heterocycles. The minimum absolute atomic E-state index is 0.186. The molecule has 0 aromatic carbocycles. The predicted octanol–water partition coefficient (Wildman–Crippen LogP) is 2.55. The summed E-state index contributed by atoms with van der Waals surface area (Å²) in [7, 11) is 1.87. The van der Waals surface area contributed by atoms with E-state index in [1.54, 1.807) is 0 Å². The van der Waals surface area contributed by atoms with Crippen LogP contribution in [0.5, 0.6) is 0 Å². The van der Waals surface area contributed by atoms with Crippen LogP contribution in [0.3, 0.4) is 0 Å². The zero-order chi connectivity index (χ0) is 17.9. The van der Waals surface area contributed by atoms with Crippen LogP contribution in [-0.2, 0) is 9.59 Å². The lowest BCUT2D eigenvalue weighted by atomic mass is 9.78. The molecule has 25 heavy (non-hydrogen) atoms. The van der Waals surface area contributed by atoms with E-state index in [4.69, 9.17) is 0 Å². The van der Waals surface area contributed by atoms with E-state index in [2.05, 4.69) is 12.2 Å². The number of hydrogen-bond acceptors (Lipinski definition) is 3. The van der Waals surface area contributed by atoms with Gasteiger partial charge in [0.1, 0.15) is 11.6 Å². The van der Waals surface area contributed by atoms with E-state index in [0.717, 1.165) is 51.7 Å². The summed E-state index contributed by atoms with van der Waals surface area (Å²) in [4.78, 5) is 30.6. The van der Waals surface area contributed by atoms with Gasteiger partial charge in [0.2, 0.25) is 11.8 Å². The molecule has 3 aliphatic rings. The number of carbonyl (C=O) groups excluding carboxylic acids is 2. The highest BCUT2D eigenvalue weighted by molar-refractivity contribution is 5.99. The maximum absolute atomic E-state index is 13.4. The fourth-order valence-corrected chi connectivity index (χ4v) is 5.10. The van der Waals surface area contributed by atoms with Crippen LogP contribution < -0.4 is 5.32 Å². The minimum atomic E-state index is -0.588. The molecule has 2 aliphatic heterocycles. The highest BCUT2D eigenvalue weighted by atomic mass is 16.2. The van der Waals surface area contributed by atoms with Crippen LogP contribution in [0.4, 0.5) is 0 Å². The number of nitrogens with zero attached hydrogens (tertiary/aromatic N) is 2. The van der Waals surface area contributed by atoms with E-state index in [9.17, 15) is 9.59 Å². The van der Waals surface area contributed by atoms with Gasteiger partial charge in [-0.2, -0.15) is 0 Å². The van der Waals surface area contributed by atoms with Crippen LogP contribution in [0, 0.1) is 5.92 Å². The third-order valence-electron chi connectivity index (χ3n) is 6.70. The molecule has 0 aromatic heterocycles. The number of likely N-dealkylation sites (N-methyl/N-ethyl adjacent to an activating group) is 1. The lowest BCUT2D eigenvalue weighted by Gasteiger charge is -2.53. The van der Waals surface area contributed by atoms with Crippen molar-refractivity contribution in [2.45, 2.75) is 82.7 Å². The van der Waals surface area contributed by atoms with Crippen LogP contribution >= 0.6 is 0 Å². The molecule has 1 unspecified atom stereocenters. The summed E-state index contributed by atoms with van der Waals surface area (Å²) in [6, 6.07) is -0.243. The average Bonchev–Trinajstić information content (AvgIpc) is 2.65. The molecule has 0 bridgehead atoms. The van der Waals surface area contributed by atoms with Gasteiger partial charge in [0, 0.05) is 13.6 Å². The maximum atomic E-state index is 13.4. The van der Waals surface area contributed by atoms with E-state index in [1.165, 1.54) is 32.1 Å². The molecular weight excluding hydrogens is 314 g/mol. The highest BCUT2D eigenvalue weighted by Gasteiger charge is 2.55. The standard InChI is InChI=1S/C20H35N3O2/c1-3-4-14-23-18(24)17(15-16-8-6-5-7-9-16)22(2)19(25)20(23)10-12-21-13-11-20/h16-17,21H,3-15H2,1-2H3. The first kappa shape index (κ1) is 18.7. The largest absolute Gasteiger partial charge is 0.332 e. The normalized spacial score (nSPS) is 28.0. The van der Waals surface area contributed by atoms with Crippen LogP contribution in [-0.4, -0.2) is 59.9 Å². The van der Waals surface area contributed by atoms with Crippen molar-refractivity contribution in [3.63, 3.8) is 0 Å². The van der Waals surface area contributed by atoms with Gasteiger partial charge in [-0.3, -0.25) is 9.59 Å². The summed E-state index contributed by atoms with van der Waals surface area (Å²) in [6.45, 7) is 4.53. The molecule has 1 spiro atoms. The fraction of sp³-hybridized carbons (Fsp3) is 0.900. The Morgan fingerprint density at radius 3 is 2.44 bits per heavy atom. The van der Waals surface area contributed by atoms with Gasteiger partial charge < -0.3 is 15.1 Å². The Hall–Kier alpha value is -1.10. The maximum Gasteiger partial charge on any atom is 0.249 e. The first-order valence-corrected chi connectivity index (χ1v) is 10.4. The molecule has 5 heteroatoms. The number of rotatable bonds is 5. The second-order valence-corrected chi connectivity index (χ2v) is 8.30. The number of unbranched alkanes of at least 4 members (excludes halogenated alkanes) is 1. The van der Waals surface area contributed by atoms with Gasteiger partial charge in [-0.05, 0) is 44.7 Å². The summed E-state index contributed by atoms with van der Waals surface area (Å²) in [5, 5.41) is 3.35. The monoisotopic (exact) mass is 349 g/mol. The lowest BCUT2D eigenvalue weighted by Crippen LogP contribution is -2.73. The average molecular weight is 350 g/mol. The molecule has 142 valence electrons. The zero-order valence-electron chi connectivity index (χ0n) is 16.1. The molecule has 2 amide bonds. The Kier molecular flexibility index (Phi) is 6.03. The number of nitrogens with one attached hydrogen (secondary N) is 1. The lowest BCUT2D eigenvalue weighted by molar-refractivity contribution is -0.172. The summed E-state index contributed by atoms with van der Waals surface area (Å²) >= 11 is 0. The quantitative estimate of drug-likeness (QED) is 0.830. The topological polar surface area (TPSA) is 52.7 Å². The summed E-state index contributed by atoms with van der Waals surface area (Å²) in [5.74, 6) is 1.00. The van der Waals surface area contributed by atoms with Crippen molar-refractivity contribution in [3.05, 3.63) is 0 Å². The molecule has 1 aliphatic carbocycles. The second kappa shape index (κ2) is 8.07. The van der Waals surface area contributed by atoms with Crippen molar-refractivity contribution in [2.24, 2.45) is 5.92 Å². The number of carbonyl (C=O) groups is 2. The van der Waals surface area contributed by atoms with Gasteiger partial charge in [0.25, 0.3) is 0 Å². The van der Waals surface area contributed by atoms with Crippen molar-refractivity contribution in [1.82, 2.24) is 15.1 Å². The zero-order valence-corrected chi connectivity index (χ0v) is 16.1. The number of hydrogen-bond donors (Lipinski definition) is 1. The van der Waals surface area contributed by atoms with Crippen LogP contribution in [0.15, 0.2) is 0 Å². The van der Waals surface area contributed by atoms with Crippen molar-refractivity contribution >= 4 is 11.8 Å². The molecule has 1 atom stereocenters. The van der Waals surface area contributed by atoms with Gasteiger partial charge >= 0.3 is 0 Å². The SMILES string of the molecule is CCCCN1C(=O)C(CC2CCCCC2)N(C)C(=O)C12CCNCC2. The van der Waals surface area contributed by atoms with E-state index in [0.29, 0.717) is 5.92 Å². The van der Waals surface area contributed by atoms with Gasteiger partial charge in [-0.15, -0.1) is 0 Å². The fourth-order valence-electron chi connectivity index (χ4n) is 5.10. The van der Waals surface area contributed by atoms with Crippen LogP contribution in [0.25, 0.3) is 0 Å². The second-order valence-electron chi connectivity index (χ2n) is 8.30. The van der Waals surface area contributed by atoms with Crippen LogP contribution in [0.2, 0.25) is 0 Å². The van der Waals surface area contributed by atoms with Crippen molar-refractivity contribution in [2.75, 3.05) is 26.7 Å². The summed E-state index contributed by atoms with van der Waals surface area (Å²) in [5.41, 5.74) is -0.588. The van der Waals surface area contributed by atoms with E-state index < -0.39 is 5.54 Å². The van der Waals surface area contributed by atoms with Crippen molar-refractivity contribution in [1.29, 1.82) is 0 Å². The molecule has 2 heterocycles. The van der Waals surface area contributed by atoms with Crippen molar-refractivity contribution < 1.29 is 9.59 Å². The molecular formula is C20H35N3O2. The van der Waals surface area contributed by atoms with Crippen LogP contribution in [0.1, 0.15) is 71.1 Å². The van der Waals surface area contributed by atoms with E-state index >= 15 is 0 Å². The number of piperidine rings is 1. The van der Waals surface area contributed by atoms with Gasteiger partial charge in [0.15, 0.2) is 0 Å². The smallest absolute Gasteiger partial charge is 0.249 e. The molecule has 3 fully saturated rings. The third-order valence-corrected chi connectivity index (χ3v) is 6.70.